The number of nitrogens with two attached hydrogens (primary N) is 1. The predicted octanol–water partition coefficient (Wildman–Crippen LogP) is 2.95. The minimum absolute atomic E-state index is 0.469. The molecule has 0 saturated carbocycles. The largest absolute Gasteiger partial charge is 0.434 e. The minimum atomic E-state index is 0.469. The Morgan fingerprint density at radius 1 is 1.00 bits per heavy atom. The summed E-state index contributed by atoms with van der Waals surface area (Å²) in [7, 11) is 0. The molecule has 0 fully saturated rings. The lowest BCUT2D eigenvalue weighted by Crippen LogP contribution is -1.85. The zero-order valence-corrected chi connectivity index (χ0v) is 9.92. The number of rotatable bonds is 1. The highest BCUT2D eigenvalue weighted by molar-refractivity contribution is 5.89. The Kier molecular flexibility index (Phi) is 1.91. The van der Waals surface area contributed by atoms with Gasteiger partial charge in [-0.05, 0) is 24.3 Å². The maximum Gasteiger partial charge on any atom is 0.264 e. The quantitative estimate of drug-likeness (QED) is 0.509. The van der Waals surface area contributed by atoms with Gasteiger partial charge in [0.05, 0.1) is 11.2 Å². The van der Waals surface area contributed by atoms with Crippen LogP contribution in [0.4, 0.5) is 5.69 Å². The van der Waals surface area contributed by atoms with Gasteiger partial charge in [0, 0.05) is 0 Å². The van der Waals surface area contributed by atoms with Crippen LogP contribution >= 0.6 is 0 Å². The standard InChI is InChI=1S/C14H10N4O/c15-8-4-3-6-10-12(8)18-13(16-10)14-17-9-5-1-2-7-11(9)19-14/h1-7H,15H2,(H,16,18). The molecule has 0 bridgehead atoms. The van der Waals surface area contributed by atoms with Gasteiger partial charge in [0.25, 0.3) is 5.89 Å². The molecule has 0 radical (unpaired) electrons. The van der Waals surface area contributed by atoms with Crippen LogP contribution in [0, 0.1) is 0 Å². The van der Waals surface area contributed by atoms with E-state index >= 15 is 0 Å². The van der Waals surface area contributed by atoms with E-state index in [1.807, 2.05) is 42.5 Å². The van der Waals surface area contributed by atoms with Gasteiger partial charge in [-0.15, -0.1) is 0 Å². The molecular formula is C14H10N4O. The molecule has 19 heavy (non-hydrogen) atoms. The third-order valence-electron chi connectivity index (χ3n) is 3.04. The van der Waals surface area contributed by atoms with Gasteiger partial charge in [-0.3, -0.25) is 0 Å². The van der Waals surface area contributed by atoms with Crippen molar-refractivity contribution in [1.82, 2.24) is 15.0 Å². The van der Waals surface area contributed by atoms with Gasteiger partial charge < -0.3 is 15.1 Å². The number of nitrogens with one attached hydrogen (secondary N) is 1. The fourth-order valence-corrected chi connectivity index (χ4v) is 2.13. The highest BCUT2D eigenvalue weighted by Crippen LogP contribution is 2.26. The van der Waals surface area contributed by atoms with Gasteiger partial charge in [0.15, 0.2) is 11.4 Å². The Labute approximate surface area is 108 Å². The van der Waals surface area contributed by atoms with Crippen molar-refractivity contribution in [2.24, 2.45) is 0 Å². The van der Waals surface area contributed by atoms with Crippen LogP contribution in [0.25, 0.3) is 33.8 Å². The van der Waals surface area contributed by atoms with E-state index in [1.54, 1.807) is 0 Å². The highest BCUT2D eigenvalue weighted by Gasteiger charge is 2.13. The summed E-state index contributed by atoms with van der Waals surface area (Å²) in [4.78, 5) is 12.0. The van der Waals surface area contributed by atoms with Crippen LogP contribution in [0.5, 0.6) is 0 Å². The molecule has 92 valence electrons. The van der Waals surface area contributed by atoms with Gasteiger partial charge in [-0.1, -0.05) is 18.2 Å². The Bertz CT molecular complexity index is 858. The Hall–Kier alpha value is -2.82. The number of aromatic amines is 1. The molecule has 3 N–H and O–H groups in total. The molecule has 2 aromatic carbocycles. The number of para-hydroxylation sites is 3. The first kappa shape index (κ1) is 10.1. The average molecular weight is 250 g/mol. The van der Waals surface area contributed by atoms with Crippen LogP contribution in [0.15, 0.2) is 46.9 Å². The van der Waals surface area contributed by atoms with E-state index in [9.17, 15) is 0 Å². The van der Waals surface area contributed by atoms with Gasteiger partial charge in [0.2, 0.25) is 0 Å². The Balaban J connectivity index is 1.96. The molecule has 0 aliphatic heterocycles. The van der Waals surface area contributed by atoms with E-state index in [2.05, 4.69) is 15.0 Å². The van der Waals surface area contributed by atoms with Crippen molar-refractivity contribution < 1.29 is 4.42 Å². The van der Waals surface area contributed by atoms with Gasteiger partial charge in [-0.25, -0.2) is 9.97 Å². The molecule has 0 atom stereocenters. The fraction of sp³-hybridized carbons (Fsp3) is 0. The zero-order valence-electron chi connectivity index (χ0n) is 9.92. The topological polar surface area (TPSA) is 80.7 Å². The summed E-state index contributed by atoms with van der Waals surface area (Å²) in [6, 6.07) is 13.2. The molecule has 5 heteroatoms. The van der Waals surface area contributed by atoms with Gasteiger partial charge >= 0.3 is 0 Å². The first-order valence-electron chi connectivity index (χ1n) is 5.91. The molecular weight excluding hydrogens is 240 g/mol. The smallest absolute Gasteiger partial charge is 0.264 e. The number of benzene rings is 2. The second kappa shape index (κ2) is 3.58. The molecule has 0 spiro atoms. The second-order valence-electron chi connectivity index (χ2n) is 4.32. The lowest BCUT2D eigenvalue weighted by atomic mass is 10.3. The molecule has 0 saturated heterocycles. The molecule has 4 rings (SSSR count). The molecule has 0 amide bonds. The van der Waals surface area contributed by atoms with E-state index in [4.69, 9.17) is 10.2 Å². The maximum absolute atomic E-state index is 5.89. The van der Waals surface area contributed by atoms with E-state index in [0.29, 0.717) is 17.4 Å². The summed E-state index contributed by atoms with van der Waals surface area (Å²) in [5.74, 6) is 1.06. The summed E-state index contributed by atoms with van der Waals surface area (Å²) in [5, 5.41) is 0. The zero-order chi connectivity index (χ0) is 12.8. The van der Waals surface area contributed by atoms with Crippen molar-refractivity contribution in [3.8, 4) is 11.7 Å². The molecule has 2 heterocycles. The van der Waals surface area contributed by atoms with E-state index < -0.39 is 0 Å². The molecule has 0 aliphatic rings. The lowest BCUT2D eigenvalue weighted by molar-refractivity contribution is 0.614. The number of hydrogen-bond acceptors (Lipinski definition) is 4. The monoisotopic (exact) mass is 250 g/mol. The average Bonchev–Trinajstić information content (AvgIpc) is 3.02. The van der Waals surface area contributed by atoms with Crippen LogP contribution in [-0.2, 0) is 0 Å². The molecule has 0 aliphatic carbocycles. The molecule has 4 aromatic rings. The van der Waals surface area contributed by atoms with Crippen LogP contribution in [0.3, 0.4) is 0 Å². The van der Waals surface area contributed by atoms with E-state index in [1.165, 1.54) is 0 Å². The number of anilines is 1. The lowest BCUT2D eigenvalue weighted by Gasteiger charge is -1.90. The van der Waals surface area contributed by atoms with Crippen molar-refractivity contribution in [3.05, 3.63) is 42.5 Å². The van der Waals surface area contributed by atoms with Crippen molar-refractivity contribution in [1.29, 1.82) is 0 Å². The number of hydrogen-bond donors (Lipinski definition) is 2. The van der Waals surface area contributed by atoms with Gasteiger partial charge in [0.1, 0.15) is 11.0 Å². The third-order valence-corrected chi connectivity index (χ3v) is 3.04. The normalized spacial score (nSPS) is 11.4. The van der Waals surface area contributed by atoms with Crippen LogP contribution in [0.1, 0.15) is 0 Å². The maximum atomic E-state index is 5.89. The summed E-state index contributed by atoms with van der Waals surface area (Å²) in [6.07, 6.45) is 0. The van der Waals surface area contributed by atoms with Crippen molar-refractivity contribution >= 4 is 27.8 Å². The van der Waals surface area contributed by atoms with Crippen LogP contribution < -0.4 is 5.73 Å². The van der Waals surface area contributed by atoms with Crippen LogP contribution in [-0.4, -0.2) is 15.0 Å². The van der Waals surface area contributed by atoms with Crippen molar-refractivity contribution in [2.75, 3.05) is 5.73 Å². The van der Waals surface area contributed by atoms with Crippen molar-refractivity contribution in [3.63, 3.8) is 0 Å². The molecule has 5 nitrogen and oxygen atoms in total. The summed E-state index contributed by atoms with van der Waals surface area (Å²) >= 11 is 0. The minimum Gasteiger partial charge on any atom is -0.434 e. The number of imidazole rings is 1. The van der Waals surface area contributed by atoms with E-state index in [-0.39, 0.29) is 0 Å². The molecule has 0 unspecified atom stereocenters. The fourth-order valence-electron chi connectivity index (χ4n) is 2.13. The number of nitrogen functional groups attached to an aromatic ring is 1. The van der Waals surface area contributed by atoms with Crippen molar-refractivity contribution in [2.45, 2.75) is 0 Å². The van der Waals surface area contributed by atoms with Gasteiger partial charge in [-0.2, -0.15) is 0 Å². The number of H-pyrrole nitrogens is 1. The van der Waals surface area contributed by atoms with E-state index in [0.717, 1.165) is 22.1 Å². The highest BCUT2D eigenvalue weighted by atomic mass is 16.3. The predicted molar refractivity (Wildman–Crippen MR) is 73.5 cm³/mol. The first-order chi connectivity index (χ1) is 9.31. The molecule has 2 aromatic heterocycles. The first-order valence-corrected chi connectivity index (χ1v) is 5.91. The number of oxazole rings is 1. The third kappa shape index (κ3) is 1.48. The summed E-state index contributed by atoms with van der Waals surface area (Å²) in [6.45, 7) is 0. The second-order valence-corrected chi connectivity index (χ2v) is 4.32. The Morgan fingerprint density at radius 3 is 2.74 bits per heavy atom. The number of nitrogens with zero attached hydrogens (tertiary/aromatic N) is 2. The Morgan fingerprint density at radius 2 is 1.89 bits per heavy atom. The van der Waals surface area contributed by atoms with Crippen LogP contribution in [0.2, 0.25) is 0 Å². The number of fused-ring (bicyclic) bond motifs is 2. The summed E-state index contributed by atoms with van der Waals surface area (Å²) < 4.78 is 5.68. The summed E-state index contributed by atoms with van der Waals surface area (Å²) in [5.41, 5.74) is 9.69. The number of aromatic nitrogens is 3. The SMILES string of the molecule is Nc1cccc2[nH]c(-c3nc4ccccc4o3)nc12.